The van der Waals surface area contributed by atoms with E-state index in [-0.39, 0.29) is 5.57 Å². The standard InChI is InChI=1S/C22H15N3/c23-14-17(15-24)16-25-22-12-10-21(11-13-22)20-8-6-19(7-9-20)18-4-2-1-3-5-18/h1-13,16,25H. The number of rotatable bonds is 4. The van der Waals surface area contributed by atoms with Gasteiger partial charge in [-0.1, -0.05) is 66.7 Å². The SMILES string of the molecule is N#CC(C#N)=CNc1ccc(-c2ccc(-c3ccccc3)cc2)cc1. The molecule has 0 saturated carbocycles. The van der Waals surface area contributed by atoms with E-state index < -0.39 is 0 Å². The Hall–Kier alpha value is -3.82. The lowest BCUT2D eigenvalue weighted by Gasteiger charge is -2.06. The summed E-state index contributed by atoms with van der Waals surface area (Å²) in [6, 6.07) is 30.2. The van der Waals surface area contributed by atoms with Gasteiger partial charge in [0.05, 0.1) is 0 Å². The maximum atomic E-state index is 8.72. The Bertz CT molecular complexity index is 939. The minimum absolute atomic E-state index is 0.0422. The zero-order valence-corrected chi connectivity index (χ0v) is 13.5. The van der Waals surface area contributed by atoms with E-state index >= 15 is 0 Å². The minimum Gasteiger partial charge on any atom is -0.360 e. The van der Waals surface area contributed by atoms with Crippen LogP contribution in [0.3, 0.4) is 0 Å². The Balaban J connectivity index is 1.76. The predicted octanol–water partition coefficient (Wildman–Crippen LogP) is 5.36. The van der Waals surface area contributed by atoms with Crippen molar-refractivity contribution in [2.45, 2.75) is 0 Å². The second-order valence-corrected chi connectivity index (χ2v) is 5.45. The summed E-state index contributed by atoms with van der Waals surface area (Å²) < 4.78 is 0. The van der Waals surface area contributed by atoms with E-state index in [1.165, 1.54) is 17.3 Å². The summed E-state index contributed by atoms with van der Waals surface area (Å²) in [6.07, 6.45) is 1.41. The first-order valence-corrected chi connectivity index (χ1v) is 7.83. The third-order valence-corrected chi connectivity index (χ3v) is 3.83. The molecule has 0 radical (unpaired) electrons. The number of hydrogen-bond acceptors (Lipinski definition) is 3. The first-order valence-electron chi connectivity index (χ1n) is 7.83. The highest BCUT2D eigenvalue weighted by molar-refractivity contribution is 5.71. The van der Waals surface area contributed by atoms with E-state index in [0.29, 0.717) is 0 Å². The smallest absolute Gasteiger partial charge is 0.145 e. The zero-order valence-electron chi connectivity index (χ0n) is 13.5. The average molecular weight is 321 g/mol. The molecule has 0 fully saturated rings. The lowest BCUT2D eigenvalue weighted by molar-refractivity contribution is 1.44. The first-order chi connectivity index (χ1) is 12.3. The van der Waals surface area contributed by atoms with Gasteiger partial charge < -0.3 is 5.32 Å². The highest BCUT2D eigenvalue weighted by Crippen LogP contribution is 2.25. The fraction of sp³-hybridized carbons (Fsp3) is 0. The van der Waals surface area contributed by atoms with Crippen LogP contribution in [-0.4, -0.2) is 0 Å². The van der Waals surface area contributed by atoms with E-state index in [1.54, 1.807) is 0 Å². The van der Waals surface area contributed by atoms with Crippen LogP contribution in [0.4, 0.5) is 5.69 Å². The third kappa shape index (κ3) is 3.93. The van der Waals surface area contributed by atoms with Crippen LogP contribution in [0.2, 0.25) is 0 Å². The summed E-state index contributed by atoms with van der Waals surface area (Å²) >= 11 is 0. The fourth-order valence-electron chi connectivity index (χ4n) is 2.49. The van der Waals surface area contributed by atoms with Gasteiger partial charge in [-0.05, 0) is 34.4 Å². The molecule has 0 aliphatic heterocycles. The molecule has 0 aliphatic rings. The van der Waals surface area contributed by atoms with Crippen molar-refractivity contribution < 1.29 is 0 Å². The maximum absolute atomic E-state index is 8.72. The molecular formula is C22H15N3. The molecule has 3 nitrogen and oxygen atoms in total. The van der Waals surface area contributed by atoms with E-state index in [1.807, 2.05) is 54.6 Å². The molecule has 3 aromatic carbocycles. The van der Waals surface area contributed by atoms with Gasteiger partial charge in [0.1, 0.15) is 17.7 Å². The van der Waals surface area contributed by atoms with E-state index in [9.17, 15) is 0 Å². The van der Waals surface area contributed by atoms with Gasteiger partial charge in [-0.15, -0.1) is 0 Å². The van der Waals surface area contributed by atoms with Gasteiger partial charge in [0.25, 0.3) is 0 Å². The second kappa shape index (κ2) is 7.64. The Morgan fingerprint density at radius 2 is 1.08 bits per heavy atom. The van der Waals surface area contributed by atoms with Crippen molar-refractivity contribution in [2.75, 3.05) is 5.32 Å². The van der Waals surface area contributed by atoms with Crippen LogP contribution in [0.25, 0.3) is 22.3 Å². The predicted molar refractivity (Wildman–Crippen MR) is 100 cm³/mol. The Labute approximate surface area is 147 Å². The van der Waals surface area contributed by atoms with Gasteiger partial charge >= 0.3 is 0 Å². The molecule has 118 valence electrons. The third-order valence-electron chi connectivity index (χ3n) is 3.83. The summed E-state index contributed by atoms with van der Waals surface area (Å²) in [4.78, 5) is 0. The average Bonchev–Trinajstić information content (AvgIpc) is 2.70. The summed E-state index contributed by atoms with van der Waals surface area (Å²) in [7, 11) is 0. The van der Waals surface area contributed by atoms with Crippen molar-refractivity contribution in [1.82, 2.24) is 0 Å². The highest BCUT2D eigenvalue weighted by atomic mass is 14.8. The number of benzene rings is 3. The summed E-state index contributed by atoms with van der Waals surface area (Å²) in [5.41, 5.74) is 5.50. The Morgan fingerprint density at radius 1 is 0.640 bits per heavy atom. The fourth-order valence-corrected chi connectivity index (χ4v) is 2.49. The van der Waals surface area contributed by atoms with Crippen molar-refractivity contribution in [1.29, 1.82) is 10.5 Å². The van der Waals surface area contributed by atoms with Gasteiger partial charge in [-0.3, -0.25) is 0 Å². The molecule has 0 atom stereocenters. The van der Waals surface area contributed by atoms with E-state index in [2.05, 4.69) is 41.7 Å². The number of nitrogens with zero attached hydrogens (tertiary/aromatic N) is 2. The summed E-state index contributed by atoms with van der Waals surface area (Å²) in [5, 5.41) is 20.4. The molecule has 3 aromatic rings. The van der Waals surface area contributed by atoms with Crippen molar-refractivity contribution >= 4 is 5.69 Å². The van der Waals surface area contributed by atoms with Crippen molar-refractivity contribution in [3.05, 3.63) is 90.6 Å². The van der Waals surface area contributed by atoms with Gasteiger partial charge in [0, 0.05) is 11.9 Å². The zero-order chi connectivity index (χ0) is 17.5. The Morgan fingerprint density at radius 3 is 1.56 bits per heavy atom. The molecule has 0 amide bonds. The van der Waals surface area contributed by atoms with Crippen LogP contribution >= 0.6 is 0 Å². The lowest BCUT2D eigenvalue weighted by atomic mass is 10.0. The van der Waals surface area contributed by atoms with E-state index in [4.69, 9.17) is 10.5 Å². The lowest BCUT2D eigenvalue weighted by Crippen LogP contribution is -1.89. The van der Waals surface area contributed by atoms with Crippen LogP contribution in [0.5, 0.6) is 0 Å². The molecule has 0 aliphatic carbocycles. The second-order valence-electron chi connectivity index (χ2n) is 5.45. The normalized spacial score (nSPS) is 9.52. The molecule has 3 heteroatoms. The van der Waals surface area contributed by atoms with Crippen LogP contribution in [0, 0.1) is 22.7 Å². The molecule has 0 bridgehead atoms. The minimum atomic E-state index is 0.0422. The van der Waals surface area contributed by atoms with Gasteiger partial charge in [-0.25, -0.2) is 0 Å². The number of nitriles is 2. The quantitative estimate of drug-likeness (QED) is 0.658. The van der Waals surface area contributed by atoms with Gasteiger partial charge in [-0.2, -0.15) is 10.5 Å². The first kappa shape index (κ1) is 16.1. The van der Waals surface area contributed by atoms with Crippen molar-refractivity contribution in [3.8, 4) is 34.4 Å². The number of allylic oxidation sites excluding steroid dienone is 1. The topological polar surface area (TPSA) is 59.6 Å². The van der Waals surface area contributed by atoms with Crippen LogP contribution < -0.4 is 5.32 Å². The van der Waals surface area contributed by atoms with Crippen molar-refractivity contribution in [2.24, 2.45) is 0 Å². The largest absolute Gasteiger partial charge is 0.360 e. The van der Waals surface area contributed by atoms with Crippen LogP contribution in [-0.2, 0) is 0 Å². The van der Waals surface area contributed by atoms with Crippen molar-refractivity contribution in [3.63, 3.8) is 0 Å². The Kier molecular flexibility index (Phi) is 4.90. The van der Waals surface area contributed by atoms with E-state index in [0.717, 1.165) is 16.8 Å². The molecule has 25 heavy (non-hydrogen) atoms. The van der Waals surface area contributed by atoms with Gasteiger partial charge in [0.2, 0.25) is 0 Å². The monoisotopic (exact) mass is 321 g/mol. The maximum Gasteiger partial charge on any atom is 0.145 e. The number of nitrogens with one attached hydrogen (secondary N) is 1. The highest BCUT2D eigenvalue weighted by Gasteiger charge is 2.00. The number of anilines is 1. The molecule has 0 heterocycles. The molecule has 0 aromatic heterocycles. The molecule has 0 saturated heterocycles. The van der Waals surface area contributed by atoms with Crippen LogP contribution in [0.15, 0.2) is 90.6 Å². The summed E-state index contributed by atoms with van der Waals surface area (Å²) in [5.74, 6) is 0. The molecular weight excluding hydrogens is 306 g/mol. The summed E-state index contributed by atoms with van der Waals surface area (Å²) in [6.45, 7) is 0. The molecule has 1 N–H and O–H groups in total. The van der Waals surface area contributed by atoms with Gasteiger partial charge in [0.15, 0.2) is 0 Å². The molecule has 0 unspecified atom stereocenters. The van der Waals surface area contributed by atoms with Crippen LogP contribution in [0.1, 0.15) is 0 Å². The molecule has 3 rings (SSSR count). The molecule has 0 spiro atoms. The number of hydrogen-bond donors (Lipinski definition) is 1.